The SMILES string of the molecule is CC(C)CC(CN)C(=O)NC(C)CN(C)C. The number of carbonyl (C=O) groups is 1. The molecule has 96 valence electrons. The first-order chi connectivity index (χ1) is 7.36. The van der Waals surface area contributed by atoms with Crippen molar-refractivity contribution in [2.75, 3.05) is 27.2 Å². The molecule has 1 amide bonds. The minimum Gasteiger partial charge on any atom is -0.352 e. The van der Waals surface area contributed by atoms with Gasteiger partial charge in [-0.3, -0.25) is 4.79 Å². The number of nitrogens with one attached hydrogen (secondary N) is 1. The summed E-state index contributed by atoms with van der Waals surface area (Å²) in [6.07, 6.45) is 0.858. The Kier molecular flexibility index (Phi) is 7.34. The Labute approximate surface area is 99.6 Å². The molecule has 0 fully saturated rings. The lowest BCUT2D eigenvalue weighted by Gasteiger charge is -2.22. The summed E-state index contributed by atoms with van der Waals surface area (Å²) >= 11 is 0. The molecule has 0 heterocycles. The van der Waals surface area contributed by atoms with Crippen LogP contribution >= 0.6 is 0 Å². The number of nitrogens with zero attached hydrogens (tertiary/aromatic N) is 1. The number of likely N-dealkylation sites (N-methyl/N-ethyl adjacent to an activating group) is 1. The van der Waals surface area contributed by atoms with Crippen LogP contribution < -0.4 is 11.1 Å². The molecule has 0 spiro atoms. The normalized spacial score (nSPS) is 15.2. The Bertz CT molecular complexity index is 204. The first-order valence-corrected chi connectivity index (χ1v) is 6.02. The fourth-order valence-corrected chi connectivity index (χ4v) is 1.83. The van der Waals surface area contributed by atoms with Crippen molar-refractivity contribution in [1.29, 1.82) is 0 Å². The monoisotopic (exact) mass is 229 g/mol. The highest BCUT2D eigenvalue weighted by Gasteiger charge is 2.19. The molecule has 0 aliphatic carbocycles. The van der Waals surface area contributed by atoms with Gasteiger partial charge in [0.2, 0.25) is 5.91 Å². The summed E-state index contributed by atoms with van der Waals surface area (Å²) in [4.78, 5) is 14.0. The zero-order valence-electron chi connectivity index (χ0n) is 11.3. The topological polar surface area (TPSA) is 58.4 Å². The summed E-state index contributed by atoms with van der Waals surface area (Å²) < 4.78 is 0. The molecule has 2 atom stereocenters. The van der Waals surface area contributed by atoms with Crippen LogP contribution in [0.3, 0.4) is 0 Å². The summed E-state index contributed by atoms with van der Waals surface area (Å²) in [5.74, 6) is 0.540. The van der Waals surface area contributed by atoms with Gasteiger partial charge in [-0.1, -0.05) is 13.8 Å². The molecule has 0 aromatic rings. The van der Waals surface area contributed by atoms with E-state index in [4.69, 9.17) is 5.73 Å². The molecule has 0 aliphatic rings. The average molecular weight is 229 g/mol. The van der Waals surface area contributed by atoms with Crippen LogP contribution in [0.5, 0.6) is 0 Å². The van der Waals surface area contributed by atoms with E-state index in [0.29, 0.717) is 12.5 Å². The summed E-state index contributed by atoms with van der Waals surface area (Å²) in [7, 11) is 3.99. The minimum absolute atomic E-state index is 0.0513. The Morgan fingerprint density at radius 2 is 1.88 bits per heavy atom. The van der Waals surface area contributed by atoms with Gasteiger partial charge in [-0.15, -0.1) is 0 Å². The molecule has 4 nitrogen and oxygen atoms in total. The van der Waals surface area contributed by atoms with Crippen LogP contribution in [0.1, 0.15) is 27.2 Å². The zero-order valence-corrected chi connectivity index (χ0v) is 11.3. The van der Waals surface area contributed by atoms with Gasteiger partial charge in [0.15, 0.2) is 0 Å². The summed E-state index contributed by atoms with van der Waals surface area (Å²) in [6, 6.07) is 0.170. The van der Waals surface area contributed by atoms with Crippen molar-refractivity contribution >= 4 is 5.91 Å². The van der Waals surface area contributed by atoms with E-state index in [9.17, 15) is 4.79 Å². The average Bonchev–Trinajstić information content (AvgIpc) is 2.11. The van der Waals surface area contributed by atoms with E-state index < -0.39 is 0 Å². The number of hydrogen-bond acceptors (Lipinski definition) is 3. The lowest BCUT2D eigenvalue weighted by molar-refractivity contribution is -0.125. The standard InChI is InChI=1S/C12H27N3O/c1-9(2)6-11(7-13)12(16)14-10(3)8-15(4)5/h9-11H,6-8,13H2,1-5H3,(H,14,16). The van der Waals surface area contributed by atoms with Crippen molar-refractivity contribution in [1.82, 2.24) is 10.2 Å². The van der Waals surface area contributed by atoms with Crippen LogP contribution in [-0.4, -0.2) is 44.0 Å². The van der Waals surface area contributed by atoms with Crippen molar-refractivity contribution in [3.05, 3.63) is 0 Å². The second-order valence-electron chi connectivity index (χ2n) is 5.23. The quantitative estimate of drug-likeness (QED) is 0.675. The van der Waals surface area contributed by atoms with Crippen LogP contribution in [-0.2, 0) is 4.79 Å². The maximum absolute atomic E-state index is 11.9. The Hall–Kier alpha value is -0.610. The Morgan fingerprint density at radius 3 is 2.25 bits per heavy atom. The van der Waals surface area contributed by atoms with Crippen molar-refractivity contribution < 1.29 is 4.79 Å². The van der Waals surface area contributed by atoms with Crippen molar-refractivity contribution in [2.24, 2.45) is 17.6 Å². The van der Waals surface area contributed by atoms with Crippen LogP contribution in [0.2, 0.25) is 0 Å². The van der Waals surface area contributed by atoms with E-state index in [1.54, 1.807) is 0 Å². The van der Waals surface area contributed by atoms with Crippen molar-refractivity contribution in [2.45, 2.75) is 33.2 Å². The molecule has 0 saturated heterocycles. The van der Waals surface area contributed by atoms with Crippen LogP contribution in [0.4, 0.5) is 0 Å². The van der Waals surface area contributed by atoms with Crippen LogP contribution in [0.25, 0.3) is 0 Å². The van der Waals surface area contributed by atoms with Gasteiger partial charge in [0.25, 0.3) is 0 Å². The Morgan fingerprint density at radius 1 is 1.31 bits per heavy atom. The van der Waals surface area contributed by atoms with E-state index >= 15 is 0 Å². The van der Waals surface area contributed by atoms with Gasteiger partial charge in [-0.2, -0.15) is 0 Å². The summed E-state index contributed by atoms with van der Waals surface area (Å²) in [5, 5.41) is 3.01. The molecule has 0 bridgehead atoms. The molecule has 3 N–H and O–H groups in total. The molecular weight excluding hydrogens is 202 g/mol. The first-order valence-electron chi connectivity index (χ1n) is 6.02. The van der Waals surface area contributed by atoms with E-state index in [0.717, 1.165) is 13.0 Å². The zero-order chi connectivity index (χ0) is 12.7. The molecule has 0 saturated carbocycles. The largest absolute Gasteiger partial charge is 0.352 e. The predicted molar refractivity (Wildman–Crippen MR) is 68.2 cm³/mol. The molecule has 2 unspecified atom stereocenters. The fourth-order valence-electron chi connectivity index (χ4n) is 1.83. The molecule has 0 rings (SSSR count). The van der Waals surface area contributed by atoms with Crippen LogP contribution in [0.15, 0.2) is 0 Å². The molecule has 0 radical (unpaired) electrons. The first kappa shape index (κ1) is 15.4. The molecule has 0 aromatic carbocycles. The van der Waals surface area contributed by atoms with Gasteiger partial charge in [0.05, 0.1) is 5.92 Å². The molecule has 16 heavy (non-hydrogen) atoms. The number of amides is 1. The minimum atomic E-state index is -0.0513. The Balaban J connectivity index is 4.10. The number of carbonyl (C=O) groups excluding carboxylic acids is 1. The van der Waals surface area contributed by atoms with E-state index in [1.165, 1.54) is 0 Å². The number of rotatable bonds is 7. The van der Waals surface area contributed by atoms with Gasteiger partial charge >= 0.3 is 0 Å². The van der Waals surface area contributed by atoms with Gasteiger partial charge in [0.1, 0.15) is 0 Å². The highest BCUT2D eigenvalue weighted by Crippen LogP contribution is 2.10. The lowest BCUT2D eigenvalue weighted by Crippen LogP contribution is -2.44. The van der Waals surface area contributed by atoms with Gasteiger partial charge in [-0.05, 0) is 33.4 Å². The second-order valence-corrected chi connectivity index (χ2v) is 5.23. The van der Waals surface area contributed by atoms with Gasteiger partial charge in [0, 0.05) is 19.1 Å². The maximum atomic E-state index is 11.9. The number of hydrogen-bond donors (Lipinski definition) is 2. The highest BCUT2D eigenvalue weighted by atomic mass is 16.1. The third-order valence-corrected chi connectivity index (χ3v) is 2.44. The summed E-state index contributed by atoms with van der Waals surface area (Å²) in [6.45, 7) is 7.52. The van der Waals surface area contributed by atoms with E-state index in [-0.39, 0.29) is 17.9 Å². The van der Waals surface area contributed by atoms with E-state index in [2.05, 4.69) is 24.1 Å². The fraction of sp³-hybridized carbons (Fsp3) is 0.917. The van der Waals surface area contributed by atoms with Gasteiger partial charge < -0.3 is 16.0 Å². The molecule has 4 heteroatoms. The van der Waals surface area contributed by atoms with E-state index in [1.807, 2.05) is 21.0 Å². The molecule has 0 aromatic heterocycles. The molecular formula is C12H27N3O. The second kappa shape index (κ2) is 7.63. The van der Waals surface area contributed by atoms with Crippen molar-refractivity contribution in [3.63, 3.8) is 0 Å². The van der Waals surface area contributed by atoms with Crippen molar-refractivity contribution in [3.8, 4) is 0 Å². The highest BCUT2D eigenvalue weighted by molar-refractivity contribution is 5.79. The smallest absolute Gasteiger partial charge is 0.224 e. The maximum Gasteiger partial charge on any atom is 0.224 e. The van der Waals surface area contributed by atoms with Gasteiger partial charge in [-0.25, -0.2) is 0 Å². The summed E-state index contributed by atoms with van der Waals surface area (Å²) in [5.41, 5.74) is 5.63. The third-order valence-electron chi connectivity index (χ3n) is 2.44. The van der Waals surface area contributed by atoms with Crippen LogP contribution in [0, 0.1) is 11.8 Å². The predicted octanol–water partition coefficient (Wildman–Crippen LogP) is 0.674. The lowest BCUT2D eigenvalue weighted by atomic mass is 9.96. The number of nitrogens with two attached hydrogens (primary N) is 1. The third kappa shape index (κ3) is 6.80. The molecule has 0 aliphatic heterocycles.